The van der Waals surface area contributed by atoms with Gasteiger partial charge in [0.05, 0.1) is 22.1 Å². The molecule has 0 N–H and O–H groups in total. The molecule has 0 unspecified atom stereocenters. The van der Waals surface area contributed by atoms with E-state index in [1.165, 1.54) is 87.9 Å². The number of fused-ring (bicyclic) bond motifs is 9. The lowest BCUT2D eigenvalue weighted by Gasteiger charge is -2.35. The van der Waals surface area contributed by atoms with Crippen LogP contribution in [0.25, 0.3) is 71.3 Å². The van der Waals surface area contributed by atoms with E-state index in [-0.39, 0.29) is 0 Å². The van der Waals surface area contributed by atoms with Crippen molar-refractivity contribution in [3.05, 3.63) is 277 Å². The van der Waals surface area contributed by atoms with Gasteiger partial charge in [0.25, 0.3) is 0 Å². The molecule has 304 valence electrons. The van der Waals surface area contributed by atoms with E-state index in [1.807, 2.05) is 0 Å². The Morgan fingerprint density at radius 1 is 0.338 bits per heavy atom. The molecule has 0 saturated heterocycles. The largest absolute Gasteiger partial charge is 0.310 e. The van der Waals surface area contributed by atoms with Crippen LogP contribution in [0.3, 0.4) is 0 Å². The zero-order valence-electron chi connectivity index (χ0n) is 35.6. The summed E-state index contributed by atoms with van der Waals surface area (Å²) in [6, 6.07) is 93.8. The standard InChI is InChI=1S/C63H42N2/c1-3-19-47(20-4-1)63(48-21-5-2-6-22-48)57-27-13-11-25-54(57)55-40-39-51(42-58(55)63)64(59-29-15-18-45-16-7-9-23-52(45)59)49-35-30-43(31-36-49)44-32-37-50(38-33-44)65-60-28-14-12-26-56(60)62-53-24-10-8-17-46(53)34-41-61(62)65/h1-42H. The first-order valence-corrected chi connectivity index (χ1v) is 22.5. The maximum Gasteiger partial charge on any atom is 0.0714 e. The van der Waals surface area contributed by atoms with Crippen molar-refractivity contribution in [2.24, 2.45) is 0 Å². The minimum atomic E-state index is -0.502. The van der Waals surface area contributed by atoms with Crippen LogP contribution in [0.4, 0.5) is 17.1 Å². The lowest BCUT2D eigenvalue weighted by atomic mass is 9.67. The number of benzene rings is 11. The number of para-hydroxylation sites is 1. The summed E-state index contributed by atoms with van der Waals surface area (Å²) in [7, 11) is 0. The molecule has 0 atom stereocenters. The summed E-state index contributed by atoms with van der Waals surface area (Å²) < 4.78 is 2.41. The van der Waals surface area contributed by atoms with Crippen molar-refractivity contribution in [2.45, 2.75) is 5.41 Å². The third-order valence-corrected chi connectivity index (χ3v) is 13.9. The highest BCUT2D eigenvalue weighted by atomic mass is 15.1. The number of hydrogen-bond acceptors (Lipinski definition) is 1. The first-order chi connectivity index (χ1) is 32.3. The van der Waals surface area contributed by atoms with E-state index >= 15 is 0 Å². The van der Waals surface area contributed by atoms with Crippen molar-refractivity contribution in [3.63, 3.8) is 0 Å². The summed E-state index contributed by atoms with van der Waals surface area (Å²) in [5.74, 6) is 0. The van der Waals surface area contributed by atoms with Crippen LogP contribution in [0, 0.1) is 0 Å². The highest BCUT2D eigenvalue weighted by Gasteiger charge is 2.46. The van der Waals surface area contributed by atoms with Gasteiger partial charge in [-0.2, -0.15) is 0 Å². The Morgan fingerprint density at radius 2 is 0.892 bits per heavy atom. The van der Waals surface area contributed by atoms with Gasteiger partial charge < -0.3 is 9.47 Å². The molecule has 1 aromatic heterocycles. The second-order valence-electron chi connectivity index (χ2n) is 17.2. The lowest BCUT2D eigenvalue weighted by Crippen LogP contribution is -2.28. The predicted octanol–water partition coefficient (Wildman–Crippen LogP) is 16.6. The molecule has 1 aliphatic carbocycles. The van der Waals surface area contributed by atoms with Crippen LogP contribution in [0.15, 0.2) is 255 Å². The molecule has 12 aromatic rings. The van der Waals surface area contributed by atoms with Crippen molar-refractivity contribution in [2.75, 3.05) is 4.90 Å². The van der Waals surface area contributed by atoms with Gasteiger partial charge in [-0.1, -0.05) is 200 Å². The Labute approximate surface area is 378 Å². The van der Waals surface area contributed by atoms with Gasteiger partial charge in [0.2, 0.25) is 0 Å². The van der Waals surface area contributed by atoms with Gasteiger partial charge in [0.15, 0.2) is 0 Å². The summed E-state index contributed by atoms with van der Waals surface area (Å²) in [6.45, 7) is 0. The maximum atomic E-state index is 2.46. The number of rotatable bonds is 7. The van der Waals surface area contributed by atoms with Gasteiger partial charge in [-0.3, -0.25) is 0 Å². The molecule has 1 aliphatic rings. The number of aromatic nitrogens is 1. The smallest absolute Gasteiger partial charge is 0.0714 e. The Morgan fingerprint density at radius 3 is 1.63 bits per heavy atom. The Hall–Kier alpha value is -8.46. The van der Waals surface area contributed by atoms with E-state index < -0.39 is 5.41 Å². The Balaban J connectivity index is 0.944. The molecule has 11 aromatic carbocycles. The van der Waals surface area contributed by atoms with Crippen molar-refractivity contribution in [1.29, 1.82) is 0 Å². The fourth-order valence-corrected chi connectivity index (χ4v) is 11.0. The molecule has 65 heavy (non-hydrogen) atoms. The molecule has 1 heterocycles. The summed E-state index contributed by atoms with van der Waals surface area (Å²) in [6.07, 6.45) is 0. The zero-order chi connectivity index (χ0) is 42.9. The van der Waals surface area contributed by atoms with Gasteiger partial charge in [0, 0.05) is 33.2 Å². The highest BCUT2D eigenvalue weighted by molar-refractivity contribution is 6.21. The molecule has 0 amide bonds. The van der Waals surface area contributed by atoms with Crippen LogP contribution in [0.2, 0.25) is 0 Å². The molecular formula is C63H42N2. The van der Waals surface area contributed by atoms with Crippen LogP contribution in [0.5, 0.6) is 0 Å². The van der Waals surface area contributed by atoms with Gasteiger partial charge in [0.1, 0.15) is 0 Å². The summed E-state index contributed by atoms with van der Waals surface area (Å²) in [5, 5.41) is 7.52. The summed E-state index contributed by atoms with van der Waals surface area (Å²) in [5.41, 5.74) is 16.4. The summed E-state index contributed by atoms with van der Waals surface area (Å²) >= 11 is 0. The van der Waals surface area contributed by atoms with Crippen LogP contribution >= 0.6 is 0 Å². The average molecular weight is 827 g/mol. The molecule has 2 nitrogen and oxygen atoms in total. The molecule has 13 rings (SSSR count). The molecule has 0 saturated carbocycles. The van der Waals surface area contributed by atoms with Crippen molar-refractivity contribution in [1.82, 2.24) is 4.57 Å². The van der Waals surface area contributed by atoms with E-state index in [9.17, 15) is 0 Å². The Bertz CT molecular complexity index is 3710. The van der Waals surface area contributed by atoms with Crippen LogP contribution in [-0.2, 0) is 5.41 Å². The van der Waals surface area contributed by atoms with Gasteiger partial charge in [-0.25, -0.2) is 0 Å². The van der Waals surface area contributed by atoms with E-state index in [2.05, 4.69) is 264 Å². The normalized spacial score (nSPS) is 12.7. The summed E-state index contributed by atoms with van der Waals surface area (Å²) in [4.78, 5) is 2.45. The molecule has 0 fully saturated rings. The number of anilines is 3. The van der Waals surface area contributed by atoms with E-state index in [0.29, 0.717) is 0 Å². The van der Waals surface area contributed by atoms with Crippen LogP contribution in [0.1, 0.15) is 22.3 Å². The first-order valence-electron chi connectivity index (χ1n) is 22.5. The third kappa shape index (κ3) is 5.67. The SMILES string of the molecule is c1ccc(C2(c3ccccc3)c3ccccc3-c3ccc(N(c4ccc(-c5ccc(-n6c7ccccc7c7c8ccccc8ccc76)cc5)cc4)c4cccc5ccccc45)cc32)cc1. The molecule has 0 radical (unpaired) electrons. The first kappa shape index (κ1) is 37.1. The minimum Gasteiger partial charge on any atom is -0.310 e. The van der Waals surface area contributed by atoms with E-state index in [1.54, 1.807) is 0 Å². The Kier molecular flexibility index (Phi) is 8.47. The average Bonchev–Trinajstić information content (AvgIpc) is 3.88. The number of hydrogen-bond donors (Lipinski definition) is 0. The van der Waals surface area contributed by atoms with Gasteiger partial charge in [-0.15, -0.1) is 0 Å². The fourth-order valence-electron chi connectivity index (χ4n) is 11.0. The van der Waals surface area contributed by atoms with Crippen molar-refractivity contribution >= 4 is 60.4 Å². The minimum absolute atomic E-state index is 0.502. The second kappa shape index (κ2) is 14.8. The quantitative estimate of drug-likeness (QED) is 0.155. The number of nitrogens with zero attached hydrogens (tertiary/aromatic N) is 2. The maximum absolute atomic E-state index is 2.46. The topological polar surface area (TPSA) is 8.17 Å². The molecule has 0 bridgehead atoms. The molecule has 0 aliphatic heterocycles. The lowest BCUT2D eigenvalue weighted by molar-refractivity contribution is 0.768. The molecule has 2 heteroatoms. The van der Waals surface area contributed by atoms with Crippen LogP contribution in [-0.4, -0.2) is 4.57 Å². The monoisotopic (exact) mass is 826 g/mol. The van der Waals surface area contributed by atoms with Crippen LogP contribution < -0.4 is 4.90 Å². The van der Waals surface area contributed by atoms with E-state index in [4.69, 9.17) is 0 Å². The predicted molar refractivity (Wildman–Crippen MR) is 273 cm³/mol. The van der Waals surface area contributed by atoms with Gasteiger partial charge >= 0.3 is 0 Å². The molecular weight excluding hydrogens is 785 g/mol. The molecule has 0 spiro atoms. The van der Waals surface area contributed by atoms with Crippen molar-refractivity contribution < 1.29 is 0 Å². The fraction of sp³-hybridized carbons (Fsp3) is 0.0159. The van der Waals surface area contributed by atoms with E-state index in [0.717, 1.165) is 22.7 Å². The zero-order valence-corrected chi connectivity index (χ0v) is 35.6. The van der Waals surface area contributed by atoms with Crippen molar-refractivity contribution in [3.8, 4) is 27.9 Å². The van der Waals surface area contributed by atoms with Gasteiger partial charge in [-0.05, 0) is 115 Å². The highest BCUT2D eigenvalue weighted by Crippen LogP contribution is 2.57. The third-order valence-electron chi connectivity index (χ3n) is 13.9. The second-order valence-corrected chi connectivity index (χ2v) is 17.2.